The largest absolute Gasteiger partial charge is 0.491 e. The summed E-state index contributed by atoms with van der Waals surface area (Å²) in [6, 6.07) is 7.71. The van der Waals surface area contributed by atoms with E-state index in [2.05, 4.69) is 17.3 Å². The van der Waals surface area contributed by atoms with Gasteiger partial charge in [0.15, 0.2) is 0 Å². The third-order valence-corrected chi connectivity index (χ3v) is 3.09. The van der Waals surface area contributed by atoms with Crippen LogP contribution in [0.2, 0.25) is 0 Å². The number of nitrogens with zero attached hydrogens (tertiary/aromatic N) is 2. The fraction of sp³-hybridized carbons (Fsp3) is 0.333. The van der Waals surface area contributed by atoms with E-state index in [0.29, 0.717) is 5.75 Å². The lowest BCUT2D eigenvalue weighted by molar-refractivity contribution is -0.118. The molecule has 0 aliphatic heterocycles. The van der Waals surface area contributed by atoms with Crippen molar-refractivity contribution in [3.63, 3.8) is 0 Å². The highest BCUT2D eigenvalue weighted by Gasteiger charge is 2.10. The van der Waals surface area contributed by atoms with Crippen molar-refractivity contribution in [1.82, 2.24) is 9.78 Å². The number of aromatic nitrogens is 2. The molecule has 0 fully saturated rings. The number of benzene rings is 1. The van der Waals surface area contributed by atoms with Crippen LogP contribution < -0.4 is 15.8 Å². The number of rotatable bonds is 7. The fourth-order valence-electron chi connectivity index (χ4n) is 1.95. The number of para-hydroxylation sites is 2. The average molecular weight is 288 g/mol. The quantitative estimate of drug-likeness (QED) is 0.814. The molecule has 0 saturated carbocycles. The molecular formula is C15H20N4O2. The highest BCUT2D eigenvalue weighted by atomic mass is 16.5. The summed E-state index contributed by atoms with van der Waals surface area (Å²) in [6.07, 6.45) is 3.99. The number of ether oxygens (including phenoxy) is 1. The number of hydrogen-bond donors (Lipinski definition) is 2. The summed E-state index contributed by atoms with van der Waals surface area (Å²) >= 11 is 0. The van der Waals surface area contributed by atoms with Gasteiger partial charge in [-0.3, -0.25) is 9.48 Å². The highest BCUT2D eigenvalue weighted by molar-refractivity contribution is 5.73. The molecule has 112 valence electrons. The van der Waals surface area contributed by atoms with Gasteiger partial charge >= 0.3 is 0 Å². The van der Waals surface area contributed by atoms with Crippen molar-refractivity contribution in [2.75, 3.05) is 11.9 Å². The second-order valence-corrected chi connectivity index (χ2v) is 4.87. The number of primary amides is 1. The van der Waals surface area contributed by atoms with Crippen LogP contribution in [0.15, 0.2) is 36.7 Å². The molecule has 0 aliphatic rings. The SMILES string of the molecule is CC(Nc1ccccc1OCCC(N)=O)c1cnn(C)c1. The predicted octanol–water partition coefficient (Wildman–Crippen LogP) is 1.85. The number of aryl methyl sites for hydroxylation is 1. The Morgan fingerprint density at radius 2 is 2.24 bits per heavy atom. The summed E-state index contributed by atoms with van der Waals surface area (Å²) in [6.45, 7) is 2.33. The van der Waals surface area contributed by atoms with Crippen molar-refractivity contribution in [3.05, 3.63) is 42.2 Å². The molecule has 6 heteroatoms. The average Bonchev–Trinajstić information content (AvgIpc) is 2.87. The van der Waals surface area contributed by atoms with E-state index >= 15 is 0 Å². The molecule has 3 N–H and O–H groups in total. The molecule has 2 rings (SSSR count). The van der Waals surface area contributed by atoms with Crippen LogP contribution in [0.4, 0.5) is 5.69 Å². The number of carbonyl (C=O) groups excluding carboxylic acids is 1. The van der Waals surface area contributed by atoms with E-state index < -0.39 is 0 Å². The number of anilines is 1. The molecule has 0 bridgehead atoms. The van der Waals surface area contributed by atoms with Crippen molar-refractivity contribution in [3.8, 4) is 5.75 Å². The van der Waals surface area contributed by atoms with Crippen LogP contribution in [-0.2, 0) is 11.8 Å². The van der Waals surface area contributed by atoms with Crippen LogP contribution in [0.5, 0.6) is 5.75 Å². The number of amides is 1. The molecule has 0 spiro atoms. The van der Waals surface area contributed by atoms with Gasteiger partial charge in [-0.2, -0.15) is 5.10 Å². The van der Waals surface area contributed by atoms with Crippen LogP contribution in [0.25, 0.3) is 0 Å². The molecular weight excluding hydrogens is 268 g/mol. The van der Waals surface area contributed by atoms with Crippen LogP contribution >= 0.6 is 0 Å². The normalized spacial score (nSPS) is 11.9. The molecule has 6 nitrogen and oxygen atoms in total. The molecule has 1 atom stereocenters. The Morgan fingerprint density at radius 3 is 2.90 bits per heavy atom. The summed E-state index contributed by atoms with van der Waals surface area (Å²) < 4.78 is 7.37. The first-order chi connectivity index (χ1) is 10.1. The zero-order valence-electron chi connectivity index (χ0n) is 12.2. The summed E-state index contributed by atoms with van der Waals surface area (Å²) in [7, 11) is 1.89. The summed E-state index contributed by atoms with van der Waals surface area (Å²) in [4.78, 5) is 10.8. The monoisotopic (exact) mass is 288 g/mol. The minimum Gasteiger partial charge on any atom is -0.491 e. The van der Waals surface area contributed by atoms with E-state index in [1.165, 1.54) is 0 Å². The minimum atomic E-state index is -0.371. The lowest BCUT2D eigenvalue weighted by Crippen LogP contribution is -2.15. The highest BCUT2D eigenvalue weighted by Crippen LogP contribution is 2.28. The Kier molecular flexibility index (Phi) is 4.81. The van der Waals surface area contributed by atoms with E-state index in [-0.39, 0.29) is 25.0 Å². The zero-order valence-corrected chi connectivity index (χ0v) is 12.2. The Bertz CT molecular complexity index is 609. The van der Waals surface area contributed by atoms with Crippen LogP contribution in [0.3, 0.4) is 0 Å². The second kappa shape index (κ2) is 6.78. The van der Waals surface area contributed by atoms with Gasteiger partial charge in [0.2, 0.25) is 5.91 Å². The number of hydrogen-bond acceptors (Lipinski definition) is 4. The van der Waals surface area contributed by atoms with Gasteiger partial charge in [-0.25, -0.2) is 0 Å². The molecule has 1 amide bonds. The van der Waals surface area contributed by atoms with Crippen LogP contribution in [0, 0.1) is 0 Å². The summed E-state index contributed by atoms with van der Waals surface area (Å²) in [5.74, 6) is 0.332. The van der Waals surface area contributed by atoms with Gasteiger partial charge in [0.05, 0.1) is 31.0 Å². The van der Waals surface area contributed by atoms with E-state index in [0.717, 1.165) is 11.3 Å². The third-order valence-electron chi connectivity index (χ3n) is 3.09. The molecule has 2 aromatic rings. The summed E-state index contributed by atoms with van der Waals surface area (Å²) in [5, 5.41) is 7.55. The first-order valence-corrected chi connectivity index (χ1v) is 6.81. The van der Waals surface area contributed by atoms with Crippen molar-refractivity contribution in [1.29, 1.82) is 0 Å². The van der Waals surface area contributed by atoms with Gasteiger partial charge in [0.1, 0.15) is 5.75 Å². The zero-order chi connectivity index (χ0) is 15.2. The Balaban J connectivity index is 2.03. The maximum absolute atomic E-state index is 10.8. The lowest BCUT2D eigenvalue weighted by atomic mass is 10.1. The maximum atomic E-state index is 10.8. The van der Waals surface area contributed by atoms with Gasteiger partial charge in [-0.05, 0) is 19.1 Å². The number of carbonyl (C=O) groups is 1. The molecule has 21 heavy (non-hydrogen) atoms. The van der Waals surface area contributed by atoms with Crippen molar-refractivity contribution >= 4 is 11.6 Å². The van der Waals surface area contributed by atoms with Crippen LogP contribution in [0.1, 0.15) is 24.9 Å². The summed E-state index contributed by atoms with van der Waals surface area (Å²) in [5.41, 5.74) is 7.07. The predicted molar refractivity (Wildman–Crippen MR) is 81.0 cm³/mol. The van der Waals surface area contributed by atoms with Crippen molar-refractivity contribution < 1.29 is 9.53 Å². The molecule has 0 aliphatic carbocycles. The van der Waals surface area contributed by atoms with Crippen molar-refractivity contribution in [2.24, 2.45) is 12.8 Å². The van der Waals surface area contributed by atoms with Gasteiger partial charge in [0.25, 0.3) is 0 Å². The molecule has 0 radical (unpaired) electrons. The first-order valence-electron chi connectivity index (χ1n) is 6.81. The fourth-order valence-corrected chi connectivity index (χ4v) is 1.95. The molecule has 1 unspecified atom stereocenters. The van der Waals surface area contributed by atoms with E-state index in [1.54, 1.807) is 4.68 Å². The first kappa shape index (κ1) is 14.9. The second-order valence-electron chi connectivity index (χ2n) is 4.87. The number of nitrogens with one attached hydrogen (secondary N) is 1. The molecule has 1 aromatic carbocycles. The molecule has 0 saturated heterocycles. The van der Waals surface area contributed by atoms with Gasteiger partial charge in [0, 0.05) is 18.8 Å². The Hall–Kier alpha value is -2.50. The Labute approximate surface area is 123 Å². The Morgan fingerprint density at radius 1 is 1.48 bits per heavy atom. The van der Waals surface area contributed by atoms with Gasteiger partial charge < -0.3 is 15.8 Å². The van der Waals surface area contributed by atoms with Gasteiger partial charge in [-0.15, -0.1) is 0 Å². The minimum absolute atomic E-state index is 0.0968. The van der Waals surface area contributed by atoms with Gasteiger partial charge in [-0.1, -0.05) is 12.1 Å². The topological polar surface area (TPSA) is 82.2 Å². The maximum Gasteiger partial charge on any atom is 0.220 e. The van der Waals surface area contributed by atoms with Crippen molar-refractivity contribution in [2.45, 2.75) is 19.4 Å². The van der Waals surface area contributed by atoms with Crippen LogP contribution in [-0.4, -0.2) is 22.3 Å². The molecule has 1 heterocycles. The standard InChI is InChI=1S/C15H20N4O2/c1-11(12-9-17-19(2)10-12)18-13-5-3-4-6-14(13)21-8-7-15(16)20/h3-6,9-11,18H,7-8H2,1-2H3,(H2,16,20). The number of nitrogens with two attached hydrogens (primary N) is 1. The lowest BCUT2D eigenvalue weighted by Gasteiger charge is -2.17. The van der Waals surface area contributed by atoms with E-state index in [1.807, 2.05) is 43.7 Å². The van der Waals surface area contributed by atoms with E-state index in [4.69, 9.17) is 10.5 Å². The molecule has 1 aromatic heterocycles. The smallest absolute Gasteiger partial charge is 0.220 e. The van der Waals surface area contributed by atoms with E-state index in [9.17, 15) is 4.79 Å². The third kappa shape index (κ3) is 4.24.